The highest BCUT2D eigenvalue weighted by atomic mass is 79.9. The van der Waals surface area contributed by atoms with Crippen molar-refractivity contribution in [1.29, 1.82) is 0 Å². The summed E-state index contributed by atoms with van der Waals surface area (Å²) in [6, 6.07) is 8.17. The van der Waals surface area contributed by atoms with Gasteiger partial charge in [-0.25, -0.2) is 0 Å². The smallest absolute Gasteiger partial charge is 0.0483 e. The second-order valence-corrected chi connectivity index (χ2v) is 6.94. The van der Waals surface area contributed by atoms with Gasteiger partial charge in [0, 0.05) is 40.2 Å². The number of rotatable bonds is 2. The van der Waals surface area contributed by atoms with Gasteiger partial charge in [0.05, 0.1) is 0 Å². The molecule has 1 fully saturated rings. The summed E-state index contributed by atoms with van der Waals surface area (Å²) >= 11 is 3.61. The highest BCUT2D eigenvalue weighted by Gasteiger charge is 2.29. The molecule has 2 nitrogen and oxygen atoms in total. The van der Waals surface area contributed by atoms with Crippen molar-refractivity contribution >= 4 is 26.8 Å². The minimum Gasteiger partial charge on any atom is -0.347 e. The zero-order valence-electron chi connectivity index (χ0n) is 11.2. The lowest BCUT2D eigenvalue weighted by Crippen LogP contribution is -2.36. The maximum Gasteiger partial charge on any atom is 0.0483 e. The Labute approximate surface area is 122 Å². The molecule has 2 aliphatic carbocycles. The number of nitrogens with zero attached hydrogens (tertiary/aromatic N) is 1. The van der Waals surface area contributed by atoms with E-state index in [4.69, 9.17) is 0 Å². The largest absolute Gasteiger partial charge is 0.347 e. The van der Waals surface area contributed by atoms with Crippen LogP contribution in [0, 0.1) is 0 Å². The summed E-state index contributed by atoms with van der Waals surface area (Å²) < 4.78 is 3.58. The summed E-state index contributed by atoms with van der Waals surface area (Å²) in [6.45, 7) is 0. The Kier molecular flexibility index (Phi) is 2.75. The molecule has 100 valence electrons. The van der Waals surface area contributed by atoms with Gasteiger partial charge in [0.1, 0.15) is 0 Å². The summed E-state index contributed by atoms with van der Waals surface area (Å²) in [7, 11) is 2.21. The summed E-state index contributed by atoms with van der Waals surface area (Å²) in [6.07, 6.45) is 6.45. The lowest BCUT2D eigenvalue weighted by molar-refractivity contribution is 0.450. The Balaban J connectivity index is 1.77. The number of hydrogen-bond donors (Lipinski definition) is 1. The molecule has 2 aliphatic rings. The normalized spacial score (nSPS) is 22.7. The third kappa shape index (κ3) is 2.03. The van der Waals surface area contributed by atoms with E-state index in [1.807, 2.05) is 0 Å². The average molecular weight is 319 g/mol. The van der Waals surface area contributed by atoms with Crippen LogP contribution in [0.15, 0.2) is 22.7 Å². The van der Waals surface area contributed by atoms with E-state index in [0.29, 0.717) is 6.04 Å². The van der Waals surface area contributed by atoms with Crippen LogP contribution in [-0.4, -0.2) is 16.7 Å². The second kappa shape index (κ2) is 4.35. The molecule has 1 unspecified atom stereocenters. The van der Waals surface area contributed by atoms with Crippen LogP contribution in [-0.2, 0) is 19.9 Å². The van der Waals surface area contributed by atoms with E-state index in [1.165, 1.54) is 47.5 Å². The standard InChI is InChI=1S/C16H19BrN2/c1-19-15-6-2-10(17)8-13(15)14-9-12(5-7-16(14)19)18-11-3-4-11/h2,6,8,11-12,18H,3-5,7,9H2,1H3. The van der Waals surface area contributed by atoms with Crippen LogP contribution in [0.4, 0.5) is 0 Å². The maximum absolute atomic E-state index is 3.80. The molecule has 0 saturated heterocycles. The zero-order chi connectivity index (χ0) is 13.0. The third-order valence-electron chi connectivity index (χ3n) is 4.63. The monoisotopic (exact) mass is 318 g/mol. The zero-order valence-corrected chi connectivity index (χ0v) is 12.8. The number of hydrogen-bond acceptors (Lipinski definition) is 1. The van der Waals surface area contributed by atoms with Gasteiger partial charge in [-0.05, 0) is 55.9 Å². The quantitative estimate of drug-likeness (QED) is 0.896. The predicted octanol–water partition coefficient (Wildman–Crippen LogP) is 3.55. The van der Waals surface area contributed by atoms with Gasteiger partial charge in [0.25, 0.3) is 0 Å². The van der Waals surface area contributed by atoms with Gasteiger partial charge in [-0.3, -0.25) is 0 Å². The average Bonchev–Trinajstić information content (AvgIpc) is 3.17. The highest BCUT2D eigenvalue weighted by Crippen LogP contribution is 2.34. The van der Waals surface area contributed by atoms with Crippen molar-refractivity contribution in [2.75, 3.05) is 0 Å². The second-order valence-electron chi connectivity index (χ2n) is 6.03. The van der Waals surface area contributed by atoms with Crippen LogP contribution in [0.25, 0.3) is 10.9 Å². The number of fused-ring (bicyclic) bond motifs is 3. The van der Waals surface area contributed by atoms with E-state index in [9.17, 15) is 0 Å². The first-order chi connectivity index (χ1) is 9.22. The van der Waals surface area contributed by atoms with Crippen LogP contribution in [0.5, 0.6) is 0 Å². The lowest BCUT2D eigenvalue weighted by atomic mass is 9.91. The van der Waals surface area contributed by atoms with Gasteiger partial charge in [0.2, 0.25) is 0 Å². The van der Waals surface area contributed by atoms with E-state index >= 15 is 0 Å². The van der Waals surface area contributed by atoms with E-state index in [-0.39, 0.29) is 0 Å². The molecule has 0 bridgehead atoms. The number of halogens is 1. The highest BCUT2D eigenvalue weighted by molar-refractivity contribution is 9.10. The molecule has 0 aliphatic heterocycles. The van der Waals surface area contributed by atoms with Gasteiger partial charge in [-0.15, -0.1) is 0 Å². The summed E-state index contributed by atoms with van der Waals surface area (Å²) in [5, 5.41) is 5.24. The van der Waals surface area contributed by atoms with Crippen LogP contribution >= 0.6 is 15.9 Å². The van der Waals surface area contributed by atoms with Gasteiger partial charge in [0.15, 0.2) is 0 Å². The predicted molar refractivity (Wildman–Crippen MR) is 82.6 cm³/mol. The molecule has 1 saturated carbocycles. The Bertz CT molecular complexity index is 640. The molecule has 1 aromatic heterocycles. The first-order valence-electron chi connectivity index (χ1n) is 7.24. The first-order valence-corrected chi connectivity index (χ1v) is 8.03. The Morgan fingerprint density at radius 2 is 2.05 bits per heavy atom. The fourth-order valence-electron chi connectivity index (χ4n) is 3.48. The van der Waals surface area contributed by atoms with Crippen molar-refractivity contribution in [3.05, 3.63) is 33.9 Å². The molecule has 2 aromatic rings. The lowest BCUT2D eigenvalue weighted by Gasteiger charge is -2.24. The minimum absolute atomic E-state index is 0.685. The molecule has 19 heavy (non-hydrogen) atoms. The van der Waals surface area contributed by atoms with E-state index in [0.717, 1.165) is 6.04 Å². The molecule has 1 N–H and O–H groups in total. The van der Waals surface area contributed by atoms with Crippen molar-refractivity contribution in [2.24, 2.45) is 7.05 Å². The van der Waals surface area contributed by atoms with Gasteiger partial charge >= 0.3 is 0 Å². The number of aryl methyl sites for hydroxylation is 1. The van der Waals surface area contributed by atoms with Crippen molar-refractivity contribution in [2.45, 2.75) is 44.2 Å². The summed E-state index contributed by atoms with van der Waals surface area (Å²) in [4.78, 5) is 0. The number of benzene rings is 1. The first kappa shape index (κ1) is 12.0. The molecule has 1 aromatic carbocycles. The summed E-state index contributed by atoms with van der Waals surface area (Å²) in [5.74, 6) is 0. The van der Waals surface area contributed by atoms with E-state index < -0.39 is 0 Å². The Morgan fingerprint density at radius 1 is 1.21 bits per heavy atom. The van der Waals surface area contributed by atoms with Gasteiger partial charge in [-0.2, -0.15) is 0 Å². The van der Waals surface area contributed by atoms with Gasteiger partial charge < -0.3 is 9.88 Å². The fourth-order valence-corrected chi connectivity index (χ4v) is 3.84. The maximum atomic E-state index is 3.80. The molecule has 3 heteroatoms. The van der Waals surface area contributed by atoms with E-state index in [1.54, 1.807) is 11.3 Å². The van der Waals surface area contributed by atoms with Crippen LogP contribution in [0.1, 0.15) is 30.5 Å². The SMILES string of the molecule is Cn1c2c(c3cc(Br)ccc31)CC(NC1CC1)CC2. The van der Waals surface area contributed by atoms with Crippen molar-refractivity contribution in [3.63, 3.8) is 0 Å². The molecule has 1 heterocycles. The molecule has 0 radical (unpaired) electrons. The minimum atomic E-state index is 0.685. The molecule has 4 rings (SSSR count). The Hall–Kier alpha value is -0.800. The van der Waals surface area contributed by atoms with Crippen molar-refractivity contribution in [1.82, 2.24) is 9.88 Å². The third-order valence-corrected chi connectivity index (χ3v) is 5.12. The number of aromatic nitrogens is 1. The van der Waals surface area contributed by atoms with Crippen LogP contribution in [0.3, 0.4) is 0 Å². The Morgan fingerprint density at radius 3 is 2.84 bits per heavy atom. The number of nitrogens with one attached hydrogen (secondary N) is 1. The molecular weight excluding hydrogens is 300 g/mol. The van der Waals surface area contributed by atoms with Crippen LogP contribution in [0.2, 0.25) is 0 Å². The van der Waals surface area contributed by atoms with Crippen molar-refractivity contribution in [3.8, 4) is 0 Å². The topological polar surface area (TPSA) is 17.0 Å². The summed E-state index contributed by atoms with van der Waals surface area (Å²) in [5.41, 5.74) is 4.49. The molecule has 0 amide bonds. The van der Waals surface area contributed by atoms with Crippen LogP contribution < -0.4 is 5.32 Å². The van der Waals surface area contributed by atoms with Gasteiger partial charge in [-0.1, -0.05) is 15.9 Å². The molecular formula is C16H19BrN2. The van der Waals surface area contributed by atoms with Crippen molar-refractivity contribution < 1.29 is 0 Å². The van der Waals surface area contributed by atoms with E-state index in [2.05, 4.69) is 51.1 Å². The molecule has 1 atom stereocenters. The molecule has 0 spiro atoms. The fraction of sp³-hybridized carbons (Fsp3) is 0.500.